The topological polar surface area (TPSA) is 82.9 Å². The van der Waals surface area contributed by atoms with Gasteiger partial charge >= 0.3 is 5.97 Å². The zero-order valence-electron chi connectivity index (χ0n) is 16.9. The highest BCUT2D eigenvalue weighted by molar-refractivity contribution is 5.90. The standard InChI is InChI=1S/C23H20N2O5/c1-4-13-14-7-12(28-3)5-6-18(14)24-20-15(13)9-25-19(20)8-17-16(21(25)26)10-29-22(27)23(17)11(2)30-23/h5-8,11H,4,9-10H2,1-3H3/t11?,23-/m0/s1. The second-order valence-corrected chi connectivity index (χ2v) is 8.04. The minimum Gasteiger partial charge on any atom is -0.497 e. The normalized spacial score (nSPS) is 23.2. The number of cyclic esters (lactones) is 1. The van der Waals surface area contributed by atoms with E-state index >= 15 is 0 Å². The van der Waals surface area contributed by atoms with Gasteiger partial charge in [-0.15, -0.1) is 0 Å². The van der Waals surface area contributed by atoms with Gasteiger partial charge in [0.1, 0.15) is 18.5 Å². The fourth-order valence-corrected chi connectivity index (χ4v) is 5.03. The van der Waals surface area contributed by atoms with Crippen LogP contribution in [-0.2, 0) is 39.4 Å². The van der Waals surface area contributed by atoms with Crippen molar-refractivity contribution in [2.24, 2.45) is 0 Å². The summed E-state index contributed by atoms with van der Waals surface area (Å²) < 4.78 is 18.1. The number of benzene rings is 1. The van der Waals surface area contributed by atoms with Crippen LogP contribution in [0.5, 0.6) is 5.75 Å². The van der Waals surface area contributed by atoms with E-state index in [1.54, 1.807) is 11.7 Å². The Bertz CT molecular complexity index is 1340. The molecule has 0 saturated carbocycles. The number of aromatic nitrogens is 2. The number of ether oxygens (including phenoxy) is 3. The number of esters is 1. The summed E-state index contributed by atoms with van der Waals surface area (Å²) >= 11 is 0. The highest BCUT2D eigenvalue weighted by Gasteiger charge is 2.65. The molecule has 3 aliphatic heterocycles. The molecule has 1 aromatic carbocycles. The van der Waals surface area contributed by atoms with Crippen molar-refractivity contribution in [3.05, 3.63) is 56.9 Å². The number of carbonyl (C=O) groups is 1. The summed E-state index contributed by atoms with van der Waals surface area (Å²) in [6.07, 6.45) is 0.499. The predicted molar refractivity (Wildman–Crippen MR) is 108 cm³/mol. The first-order valence-corrected chi connectivity index (χ1v) is 10.1. The van der Waals surface area contributed by atoms with E-state index in [1.807, 2.05) is 31.2 Å². The molecule has 0 bridgehead atoms. The molecule has 5 heterocycles. The molecule has 0 amide bonds. The lowest BCUT2D eigenvalue weighted by Gasteiger charge is -2.23. The SMILES string of the molecule is CCc1c2c(nc3ccc(OC)cc13)-c1cc3c(c(=O)n1C2)COC(=O)[C@@]31OC1C. The van der Waals surface area contributed by atoms with Gasteiger partial charge in [-0.05, 0) is 43.2 Å². The number of pyridine rings is 2. The molecule has 1 unspecified atom stereocenters. The van der Waals surface area contributed by atoms with Gasteiger partial charge in [0.25, 0.3) is 5.56 Å². The maximum Gasteiger partial charge on any atom is 0.346 e. The Labute approximate surface area is 172 Å². The Hall–Kier alpha value is -3.19. The molecular formula is C23H20N2O5. The third-order valence-electron chi connectivity index (χ3n) is 6.65. The Morgan fingerprint density at radius 3 is 2.77 bits per heavy atom. The van der Waals surface area contributed by atoms with Gasteiger partial charge in [-0.2, -0.15) is 0 Å². The number of aryl methyl sites for hydroxylation is 1. The van der Waals surface area contributed by atoms with Gasteiger partial charge in [0, 0.05) is 16.5 Å². The number of hydrogen-bond acceptors (Lipinski definition) is 6. The number of methoxy groups -OCH3 is 1. The van der Waals surface area contributed by atoms with Crippen LogP contribution < -0.4 is 10.3 Å². The monoisotopic (exact) mass is 404 g/mol. The summed E-state index contributed by atoms with van der Waals surface area (Å²) in [6.45, 7) is 4.36. The second-order valence-electron chi connectivity index (χ2n) is 8.04. The second kappa shape index (κ2) is 5.70. The van der Waals surface area contributed by atoms with Crippen LogP contribution in [0, 0.1) is 0 Å². The lowest BCUT2D eigenvalue weighted by Crippen LogP contribution is -2.38. The van der Waals surface area contributed by atoms with Gasteiger partial charge in [0.15, 0.2) is 0 Å². The van der Waals surface area contributed by atoms with Crippen LogP contribution >= 0.6 is 0 Å². The van der Waals surface area contributed by atoms with E-state index in [1.165, 1.54) is 0 Å². The van der Waals surface area contributed by atoms with Crippen LogP contribution in [0.2, 0.25) is 0 Å². The van der Waals surface area contributed by atoms with Crippen LogP contribution in [0.4, 0.5) is 0 Å². The summed E-state index contributed by atoms with van der Waals surface area (Å²) in [5.74, 6) is 0.359. The van der Waals surface area contributed by atoms with Crippen molar-refractivity contribution >= 4 is 16.9 Å². The van der Waals surface area contributed by atoms with Gasteiger partial charge in [0.05, 0.1) is 36.1 Å². The average molecular weight is 404 g/mol. The molecule has 1 saturated heterocycles. The molecule has 0 N–H and O–H groups in total. The molecule has 0 aliphatic carbocycles. The number of hydrogen-bond donors (Lipinski definition) is 0. The van der Waals surface area contributed by atoms with Crippen LogP contribution in [0.3, 0.4) is 0 Å². The van der Waals surface area contributed by atoms with Crippen molar-refractivity contribution in [3.8, 4) is 17.1 Å². The van der Waals surface area contributed by atoms with E-state index < -0.39 is 11.6 Å². The zero-order valence-corrected chi connectivity index (χ0v) is 16.9. The Kier molecular flexibility index (Phi) is 3.35. The summed E-state index contributed by atoms with van der Waals surface area (Å²) in [4.78, 5) is 30.7. The summed E-state index contributed by atoms with van der Waals surface area (Å²) in [5.41, 5.74) is 4.43. The largest absolute Gasteiger partial charge is 0.497 e. The van der Waals surface area contributed by atoms with Crippen molar-refractivity contribution in [2.75, 3.05) is 7.11 Å². The lowest BCUT2D eigenvalue weighted by molar-refractivity contribution is -0.154. The first kappa shape index (κ1) is 17.7. The molecule has 3 aliphatic rings. The Morgan fingerprint density at radius 2 is 2.07 bits per heavy atom. The number of nitrogens with zero attached hydrogens (tertiary/aromatic N) is 2. The molecule has 7 heteroatoms. The smallest absolute Gasteiger partial charge is 0.346 e. The van der Waals surface area contributed by atoms with Gasteiger partial charge < -0.3 is 18.8 Å². The fourth-order valence-electron chi connectivity index (χ4n) is 5.03. The van der Waals surface area contributed by atoms with Gasteiger partial charge in [-0.1, -0.05) is 6.92 Å². The first-order chi connectivity index (χ1) is 14.5. The van der Waals surface area contributed by atoms with Crippen molar-refractivity contribution in [2.45, 2.75) is 45.1 Å². The Balaban J connectivity index is 1.64. The summed E-state index contributed by atoms with van der Waals surface area (Å²) in [7, 11) is 1.65. The minimum absolute atomic E-state index is 0.0192. The van der Waals surface area contributed by atoms with E-state index in [0.29, 0.717) is 17.7 Å². The highest BCUT2D eigenvalue weighted by Crippen LogP contribution is 2.51. The fraction of sp³-hybridized carbons (Fsp3) is 0.348. The van der Waals surface area contributed by atoms with Crippen LogP contribution in [0.25, 0.3) is 22.3 Å². The van der Waals surface area contributed by atoms with Crippen molar-refractivity contribution < 1.29 is 19.0 Å². The highest BCUT2D eigenvalue weighted by atomic mass is 16.7. The van der Waals surface area contributed by atoms with E-state index in [2.05, 4.69) is 6.92 Å². The quantitative estimate of drug-likeness (QED) is 0.377. The van der Waals surface area contributed by atoms with Gasteiger partial charge in [-0.25, -0.2) is 9.78 Å². The summed E-state index contributed by atoms with van der Waals surface area (Å²) in [5, 5.41) is 1.04. The number of fused-ring (bicyclic) bond motifs is 6. The Morgan fingerprint density at radius 1 is 1.27 bits per heavy atom. The van der Waals surface area contributed by atoms with E-state index in [0.717, 1.165) is 45.6 Å². The molecule has 6 rings (SSSR count). The third-order valence-corrected chi connectivity index (χ3v) is 6.65. The average Bonchev–Trinajstić information content (AvgIpc) is 3.28. The van der Waals surface area contributed by atoms with Crippen molar-refractivity contribution in [3.63, 3.8) is 0 Å². The van der Waals surface area contributed by atoms with Gasteiger partial charge in [0.2, 0.25) is 5.60 Å². The maximum atomic E-state index is 13.4. The van der Waals surface area contributed by atoms with E-state index in [4.69, 9.17) is 19.2 Å². The minimum atomic E-state index is -1.15. The lowest BCUT2D eigenvalue weighted by atomic mass is 9.89. The molecule has 2 atom stereocenters. The van der Waals surface area contributed by atoms with Crippen molar-refractivity contribution in [1.29, 1.82) is 0 Å². The third kappa shape index (κ3) is 2.00. The molecule has 30 heavy (non-hydrogen) atoms. The molecule has 2 aromatic heterocycles. The number of rotatable bonds is 2. The van der Waals surface area contributed by atoms with E-state index in [9.17, 15) is 9.59 Å². The summed E-state index contributed by atoms with van der Waals surface area (Å²) in [6, 6.07) is 7.74. The molecule has 152 valence electrons. The van der Waals surface area contributed by atoms with E-state index in [-0.39, 0.29) is 18.3 Å². The molecule has 3 aromatic rings. The predicted octanol–water partition coefficient (Wildman–Crippen LogP) is 2.67. The first-order valence-electron chi connectivity index (χ1n) is 10.1. The molecule has 7 nitrogen and oxygen atoms in total. The van der Waals surface area contributed by atoms with Crippen LogP contribution in [0.15, 0.2) is 29.1 Å². The van der Waals surface area contributed by atoms with Crippen LogP contribution in [-0.4, -0.2) is 28.7 Å². The van der Waals surface area contributed by atoms with Crippen LogP contribution in [0.1, 0.15) is 36.1 Å². The van der Waals surface area contributed by atoms with Crippen molar-refractivity contribution in [1.82, 2.24) is 9.55 Å². The molecule has 0 radical (unpaired) electrons. The molecular weight excluding hydrogens is 384 g/mol. The number of carbonyl (C=O) groups excluding carboxylic acids is 1. The molecule has 1 spiro atoms. The van der Waals surface area contributed by atoms with Gasteiger partial charge in [-0.3, -0.25) is 4.79 Å². The maximum absolute atomic E-state index is 13.4. The molecule has 1 fully saturated rings. The number of epoxide rings is 1. The zero-order chi connectivity index (χ0) is 20.8.